The average Bonchev–Trinajstić information content (AvgIpc) is 3.55. The van der Waals surface area contributed by atoms with E-state index in [0.29, 0.717) is 18.4 Å². The van der Waals surface area contributed by atoms with Crippen LogP contribution in [0.1, 0.15) is 66.4 Å². The maximum atomic E-state index is 13.8. The van der Waals surface area contributed by atoms with E-state index in [1.807, 2.05) is 0 Å². The summed E-state index contributed by atoms with van der Waals surface area (Å²) >= 11 is 0. The molecule has 17 heteroatoms. The smallest absolute Gasteiger partial charge is 0.328 e. The first-order chi connectivity index (χ1) is 23.9. The fourth-order valence-corrected chi connectivity index (χ4v) is 5.65. The number of aliphatic hydroxyl groups is 1. The number of phenols is 1. The second-order valence-electron chi connectivity index (χ2n) is 13.6. The summed E-state index contributed by atoms with van der Waals surface area (Å²) in [6, 6.07) is -1.27. The number of nitrogens with zero attached hydrogens (tertiary/aromatic N) is 1. The van der Waals surface area contributed by atoms with Crippen molar-refractivity contribution in [1.82, 2.24) is 31.5 Å². The number of aliphatic hydroxyl groups excluding tert-OH is 1. The van der Waals surface area contributed by atoms with Gasteiger partial charge >= 0.3 is 5.97 Å². The molecule has 1 aromatic rings. The van der Waals surface area contributed by atoms with Gasteiger partial charge in [-0.05, 0) is 62.6 Å². The number of carbonyl (C=O) groups is 7. The third-order valence-corrected chi connectivity index (χ3v) is 8.41. The average molecular weight is 720 g/mol. The van der Waals surface area contributed by atoms with Gasteiger partial charge in [-0.25, -0.2) is 4.79 Å². The van der Waals surface area contributed by atoms with E-state index in [1.165, 1.54) is 30.9 Å². The molecule has 0 unspecified atom stereocenters. The zero-order valence-corrected chi connectivity index (χ0v) is 30.0. The first kappa shape index (κ1) is 42.4. The molecule has 0 radical (unpaired) electrons. The molecule has 0 bridgehead atoms. The molecule has 1 fully saturated rings. The van der Waals surface area contributed by atoms with Crippen molar-refractivity contribution < 1.29 is 48.9 Å². The first-order valence-corrected chi connectivity index (χ1v) is 17.1. The number of carboxylic acids is 1. The van der Waals surface area contributed by atoms with Gasteiger partial charge in [-0.3, -0.25) is 28.8 Å². The van der Waals surface area contributed by atoms with Crippen LogP contribution < -0.4 is 32.3 Å². The highest BCUT2D eigenvalue weighted by Crippen LogP contribution is 2.20. The molecule has 0 aliphatic carbocycles. The minimum absolute atomic E-state index is 0.0262. The lowest BCUT2D eigenvalue weighted by atomic mass is 9.99. The number of rotatable bonds is 18. The fourth-order valence-electron chi connectivity index (χ4n) is 5.65. The largest absolute Gasteiger partial charge is 0.508 e. The van der Waals surface area contributed by atoms with E-state index < -0.39 is 89.7 Å². The molecule has 7 atom stereocenters. The number of likely N-dealkylation sites (tertiary alicyclic amines) is 1. The Kier molecular flexibility index (Phi) is 16.3. The Bertz CT molecular complexity index is 1400. The second kappa shape index (κ2) is 19.6. The Labute approximate surface area is 297 Å². The molecule has 2 rings (SSSR count). The van der Waals surface area contributed by atoms with E-state index in [2.05, 4.69) is 26.6 Å². The molecule has 51 heavy (non-hydrogen) atoms. The van der Waals surface area contributed by atoms with Crippen LogP contribution in [-0.2, 0) is 40.0 Å². The molecule has 6 amide bonds. The van der Waals surface area contributed by atoms with Gasteiger partial charge in [-0.1, -0.05) is 39.8 Å². The summed E-state index contributed by atoms with van der Waals surface area (Å²) in [5.41, 5.74) is 5.88. The summed E-state index contributed by atoms with van der Waals surface area (Å²) in [7, 11) is 0. The molecule has 1 saturated heterocycles. The van der Waals surface area contributed by atoms with Crippen molar-refractivity contribution in [3.05, 3.63) is 29.8 Å². The first-order valence-electron chi connectivity index (χ1n) is 17.1. The Morgan fingerprint density at radius 3 is 1.94 bits per heavy atom. The summed E-state index contributed by atoms with van der Waals surface area (Å²) in [5, 5.41) is 41.8. The van der Waals surface area contributed by atoms with Gasteiger partial charge in [0.1, 0.15) is 36.0 Å². The molecule has 1 heterocycles. The summed E-state index contributed by atoms with van der Waals surface area (Å²) in [5.74, 6) is -6.06. The number of nitrogens with one attached hydrogen (secondary N) is 5. The predicted octanol–water partition coefficient (Wildman–Crippen LogP) is -1.50. The summed E-state index contributed by atoms with van der Waals surface area (Å²) in [4.78, 5) is 92.1. The van der Waals surface area contributed by atoms with Crippen LogP contribution in [0.5, 0.6) is 5.75 Å². The third-order valence-electron chi connectivity index (χ3n) is 8.41. The molecule has 0 aromatic heterocycles. The second-order valence-corrected chi connectivity index (χ2v) is 13.6. The van der Waals surface area contributed by atoms with Gasteiger partial charge < -0.3 is 52.5 Å². The van der Waals surface area contributed by atoms with E-state index in [4.69, 9.17) is 5.73 Å². The van der Waals surface area contributed by atoms with Gasteiger partial charge in [-0.2, -0.15) is 0 Å². The summed E-state index contributed by atoms with van der Waals surface area (Å²) in [6.45, 7) is 9.60. The molecule has 1 aliphatic heterocycles. The number of amides is 6. The molecule has 17 nitrogen and oxygen atoms in total. The lowest BCUT2D eigenvalue weighted by molar-refractivity contribution is -0.145. The van der Waals surface area contributed by atoms with Crippen molar-refractivity contribution in [3.63, 3.8) is 0 Å². The number of hydrogen-bond donors (Lipinski definition) is 9. The van der Waals surface area contributed by atoms with Gasteiger partial charge in [0, 0.05) is 13.0 Å². The van der Waals surface area contributed by atoms with E-state index in [1.54, 1.807) is 39.8 Å². The van der Waals surface area contributed by atoms with Gasteiger partial charge in [0.15, 0.2) is 6.04 Å². The quantitative estimate of drug-likeness (QED) is 0.0842. The lowest BCUT2D eigenvalue weighted by Gasteiger charge is -2.30. The predicted molar refractivity (Wildman–Crippen MR) is 185 cm³/mol. The van der Waals surface area contributed by atoms with Crippen molar-refractivity contribution in [3.8, 4) is 5.75 Å². The monoisotopic (exact) mass is 719 g/mol. The zero-order valence-electron chi connectivity index (χ0n) is 30.0. The van der Waals surface area contributed by atoms with E-state index in [-0.39, 0.29) is 37.6 Å². The number of carboxylic acid groups (broad SMARTS) is 1. The maximum Gasteiger partial charge on any atom is 0.328 e. The van der Waals surface area contributed by atoms with Crippen LogP contribution in [0.2, 0.25) is 0 Å². The molecular formula is C34H53N7O10. The fraction of sp³-hybridized carbons (Fsp3) is 0.618. The van der Waals surface area contributed by atoms with E-state index in [0.717, 1.165) is 0 Å². The van der Waals surface area contributed by atoms with E-state index >= 15 is 0 Å². The molecule has 1 aliphatic rings. The van der Waals surface area contributed by atoms with Crippen molar-refractivity contribution in [2.24, 2.45) is 17.6 Å². The molecular weight excluding hydrogens is 666 g/mol. The summed E-state index contributed by atoms with van der Waals surface area (Å²) < 4.78 is 0. The van der Waals surface area contributed by atoms with Crippen LogP contribution in [0.4, 0.5) is 0 Å². The van der Waals surface area contributed by atoms with E-state index in [9.17, 15) is 48.9 Å². The molecule has 284 valence electrons. The Morgan fingerprint density at radius 2 is 1.41 bits per heavy atom. The number of benzene rings is 1. The Morgan fingerprint density at radius 1 is 0.824 bits per heavy atom. The number of aromatic hydroxyl groups is 1. The molecule has 0 spiro atoms. The summed E-state index contributed by atoms with van der Waals surface area (Å²) in [6.07, 6.45) is -0.578. The van der Waals surface area contributed by atoms with Crippen LogP contribution in [0.3, 0.4) is 0 Å². The molecule has 10 N–H and O–H groups in total. The highest BCUT2D eigenvalue weighted by Gasteiger charge is 2.39. The van der Waals surface area contributed by atoms with Gasteiger partial charge in [0.25, 0.3) is 0 Å². The van der Waals surface area contributed by atoms with Crippen LogP contribution in [0.25, 0.3) is 0 Å². The van der Waals surface area contributed by atoms with Crippen molar-refractivity contribution in [2.75, 3.05) is 13.1 Å². The van der Waals surface area contributed by atoms with Crippen molar-refractivity contribution in [2.45, 2.75) is 110 Å². The maximum absolute atomic E-state index is 13.8. The Balaban J connectivity index is 2.32. The minimum Gasteiger partial charge on any atom is -0.508 e. The van der Waals surface area contributed by atoms with Crippen molar-refractivity contribution in [1.29, 1.82) is 0 Å². The topological polar surface area (TPSA) is 270 Å². The number of carbonyl (C=O) groups excluding carboxylic acids is 6. The van der Waals surface area contributed by atoms with Crippen LogP contribution in [0, 0.1) is 11.8 Å². The number of nitrogens with two attached hydrogens (primary N) is 1. The van der Waals surface area contributed by atoms with Crippen LogP contribution in [0.15, 0.2) is 24.3 Å². The highest BCUT2D eigenvalue weighted by molar-refractivity contribution is 5.97. The highest BCUT2D eigenvalue weighted by atomic mass is 16.4. The van der Waals surface area contributed by atoms with Gasteiger partial charge in [0.2, 0.25) is 35.4 Å². The number of hydrogen-bond acceptors (Lipinski definition) is 10. The van der Waals surface area contributed by atoms with Gasteiger partial charge in [0.05, 0.1) is 12.6 Å². The normalized spacial score (nSPS) is 17.8. The molecule has 0 saturated carbocycles. The number of phenolic OH excluding ortho intramolecular Hbond substituents is 1. The number of aliphatic carboxylic acids is 1. The van der Waals surface area contributed by atoms with Gasteiger partial charge in [-0.15, -0.1) is 0 Å². The zero-order chi connectivity index (χ0) is 38.6. The van der Waals surface area contributed by atoms with Crippen molar-refractivity contribution >= 4 is 41.4 Å². The SMILES string of the molecule is CC(C)C[C@H](NC(=O)[C@H](Cc1ccc(O)cc1)NC(=O)[C@@H](NC(=O)[C@@H]1CCCN1C(=O)[C@H](C)NC(=O)CN)C(C)C)C(=O)N[C@H](C(=O)O)[C@@H](C)O. The van der Waals surface area contributed by atoms with Crippen LogP contribution >= 0.6 is 0 Å². The standard InChI is InChI=1S/C34H53N7O10/c1-17(2)14-23(30(46)40-28(20(6)42)34(50)51)37-29(45)24(15-21-9-11-22(43)12-10-21)38-32(48)27(18(3)4)39-31(47)25-8-7-13-41(25)33(49)19(5)36-26(44)16-35/h9-12,17-20,23-25,27-28,42-43H,7-8,13-16,35H2,1-6H3,(H,36,44)(H,37,45)(H,38,48)(H,39,47)(H,40,46)(H,50,51)/t19-,20+,23-,24-,25-,27-,28-/m0/s1. The molecule has 1 aromatic carbocycles. The minimum atomic E-state index is -1.63. The lowest BCUT2D eigenvalue weighted by Crippen LogP contribution is -2.61. The van der Waals surface area contributed by atoms with Crippen LogP contribution in [-0.4, -0.2) is 117 Å². The Hall–Kier alpha value is -4.77. The third kappa shape index (κ3) is 12.8.